The number of tetrazole rings is 1. The first-order valence-corrected chi connectivity index (χ1v) is 11.4. The first kappa shape index (κ1) is 22.4. The molecule has 4 aromatic rings. The molecular weight excluding hydrogens is 466 g/mol. The zero-order valence-electron chi connectivity index (χ0n) is 17.5. The molecule has 0 bridgehead atoms. The number of nitrogens with zero attached hydrogens (tertiary/aromatic N) is 6. The number of nitro benzene ring substituents is 1. The molecule has 13 heteroatoms. The highest BCUT2D eigenvalue weighted by molar-refractivity contribution is 7.99. The number of rotatable bonds is 8. The van der Waals surface area contributed by atoms with Gasteiger partial charge >= 0.3 is 0 Å². The average molecular weight is 484 g/mol. The van der Waals surface area contributed by atoms with E-state index in [1.807, 2.05) is 25.1 Å². The maximum absolute atomic E-state index is 12.5. The van der Waals surface area contributed by atoms with Crippen LogP contribution in [0.1, 0.15) is 5.56 Å². The van der Waals surface area contributed by atoms with E-state index in [0.29, 0.717) is 33.0 Å². The van der Waals surface area contributed by atoms with Crippen molar-refractivity contribution in [3.8, 4) is 22.7 Å². The van der Waals surface area contributed by atoms with Gasteiger partial charge in [0.2, 0.25) is 11.1 Å². The number of nitro groups is 1. The van der Waals surface area contributed by atoms with Crippen molar-refractivity contribution in [2.24, 2.45) is 0 Å². The molecule has 0 aliphatic carbocycles. The highest BCUT2D eigenvalue weighted by atomic mass is 32.2. The van der Waals surface area contributed by atoms with E-state index in [2.05, 4.69) is 25.8 Å². The van der Waals surface area contributed by atoms with Gasteiger partial charge in [0.05, 0.1) is 23.5 Å². The van der Waals surface area contributed by atoms with E-state index in [1.54, 1.807) is 24.6 Å². The second-order valence-corrected chi connectivity index (χ2v) is 8.53. The minimum absolute atomic E-state index is 0.0227. The first-order valence-electron chi connectivity index (χ1n) is 9.51. The fourth-order valence-electron chi connectivity index (χ4n) is 2.91. The Hall–Kier alpha value is -3.84. The smallest absolute Gasteiger partial charge is 0.270 e. The van der Waals surface area contributed by atoms with Crippen molar-refractivity contribution in [3.63, 3.8) is 0 Å². The van der Waals surface area contributed by atoms with Gasteiger partial charge in [-0.1, -0.05) is 30.0 Å². The monoisotopic (exact) mass is 483 g/mol. The number of carbonyl (C=O) groups is 1. The molecule has 0 saturated carbocycles. The van der Waals surface area contributed by atoms with Crippen LogP contribution in [0.2, 0.25) is 0 Å². The third kappa shape index (κ3) is 5.15. The number of thioether (sulfide) groups is 1. The summed E-state index contributed by atoms with van der Waals surface area (Å²) in [4.78, 5) is 27.3. The molecule has 0 spiro atoms. The summed E-state index contributed by atoms with van der Waals surface area (Å²) in [6.45, 7) is 1.95. The summed E-state index contributed by atoms with van der Waals surface area (Å²) in [6, 6.07) is 11.8. The van der Waals surface area contributed by atoms with Gasteiger partial charge in [0.25, 0.3) is 5.69 Å². The van der Waals surface area contributed by atoms with Crippen LogP contribution in [0.25, 0.3) is 16.9 Å². The third-order valence-electron chi connectivity index (χ3n) is 4.44. The summed E-state index contributed by atoms with van der Waals surface area (Å²) in [5.74, 6) is 0.376. The Morgan fingerprint density at radius 1 is 1.30 bits per heavy atom. The van der Waals surface area contributed by atoms with Gasteiger partial charge in [0.15, 0.2) is 5.13 Å². The van der Waals surface area contributed by atoms with E-state index in [0.717, 1.165) is 5.56 Å². The third-order valence-corrected chi connectivity index (χ3v) is 6.12. The van der Waals surface area contributed by atoms with Crippen LogP contribution in [-0.4, -0.2) is 48.9 Å². The summed E-state index contributed by atoms with van der Waals surface area (Å²) < 4.78 is 6.92. The van der Waals surface area contributed by atoms with E-state index in [4.69, 9.17) is 4.74 Å². The lowest BCUT2D eigenvalue weighted by Crippen LogP contribution is -2.14. The number of benzene rings is 2. The Bertz CT molecular complexity index is 1320. The number of methoxy groups -OCH3 is 1. The molecule has 11 nitrogen and oxygen atoms in total. The number of thiazole rings is 1. The number of ether oxygens (including phenoxy) is 1. The van der Waals surface area contributed by atoms with Gasteiger partial charge < -0.3 is 10.1 Å². The second kappa shape index (κ2) is 9.75. The number of aryl methyl sites for hydroxylation is 1. The van der Waals surface area contributed by atoms with Gasteiger partial charge in [0.1, 0.15) is 11.4 Å². The van der Waals surface area contributed by atoms with Crippen molar-refractivity contribution in [2.75, 3.05) is 18.2 Å². The lowest BCUT2D eigenvalue weighted by molar-refractivity contribution is -0.384. The lowest BCUT2D eigenvalue weighted by atomic mass is 10.1. The molecule has 1 N–H and O–H groups in total. The van der Waals surface area contributed by atoms with Crippen LogP contribution in [-0.2, 0) is 4.79 Å². The van der Waals surface area contributed by atoms with E-state index >= 15 is 0 Å². The van der Waals surface area contributed by atoms with Crippen molar-refractivity contribution < 1.29 is 14.5 Å². The zero-order valence-corrected chi connectivity index (χ0v) is 19.1. The van der Waals surface area contributed by atoms with Crippen LogP contribution in [0, 0.1) is 17.0 Å². The van der Waals surface area contributed by atoms with Crippen LogP contribution in [0.4, 0.5) is 10.8 Å². The summed E-state index contributed by atoms with van der Waals surface area (Å²) in [7, 11) is 1.56. The molecule has 0 radical (unpaired) electrons. The van der Waals surface area contributed by atoms with E-state index in [-0.39, 0.29) is 17.3 Å². The summed E-state index contributed by atoms with van der Waals surface area (Å²) in [5.41, 5.74) is 2.81. The maximum atomic E-state index is 12.5. The minimum Gasteiger partial charge on any atom is -0.494 e. The molecule has 33 heavy (non-hydrogen) atoms. The largest absolute Gasteiger partial charge is 0.494 e. The minimum atomic E-state index is -0.463. The van der Waals surface area contributed by atoms with Crippen LogP contribution < -0.4 is 10.1 Å². The molecule has 2 heterocycles. The van der Waals surface area contributed by atoms with Gasteiger partial charge in [-0.2, -0.15) is 4.68 Å². The van der Waals surface area contributed by atoms with Crippen LogP contribution in [0.3, 0.4) is 0 Å². The Morgan fingerprint density at radius 3 is 2.94 bits per heavy atom. The Labute approximate surface area is 196 Å². The number of hydrogen-bond acceptors (Lipinski definition) is 10. The number of anilines is 1. The second-order valence-electron chi connectivity index (χ2n) is 6.73. The van der Waals surface area contributed by atoms with E-state index in [9.17, 15) is 14.9 Å². The number of hydrogen-bond donors (Lipinski definition) is 1. The molecule has 1 amide bonds. The number of non-ortho nitro benzene ring substituents is 1. The van der Waals surface area contributed by atoms with Crippen LogP contribution in [0.5, 0.6) is 5.75 Å². The molecule has 0 aliphatic heterocycles. The SMILES string of the molecule is COc1ccc(C)cc1-n1nnnc1SCC(=O)Nc1nc(-c2cccc([N+](=O)[O-])c2)cs1. The van der Waals surface area contributed by atoms with Crippen molar-refractivity contribution in [2.45, 2.75) is 12.1 Å². The predicted molar refractivity (Wildman–Crippen MR) is 124 cm³/mol. The highest BCUT2D eigenvalue weighted by Gasteiger charge is 2.16. The van der Waals surface area contributed by atoms with Crippen LogP contribution in [0.15, 0.2) is 53.0 Å². The normalized spacial score (nSPS) is 10.7. The van der Waals surface area contributed by atoms with Gasteiger partial charge in [0, 0.05) is 23.1 Å². The van der Waals surface area contributed by atoms with Crippen molar-refractivity contribution in [1.29, 1.82) is 0 Å². The molecule has 2 aromatic carbocycles. The Morgan fingerprint density at radius 2 is 2.15 bits per heavy atom. The molecule has 0 aliphatic rings. The molecule has 0 saturated heterocycles. The predicted octanol–water partition coefficient (Wildman–Crippen LogP) is 3.74. The van der Waals surface area contributed by atoms with Gasteiger partial charge in [-0.3, -0.25) is 14.9 Å². The quantitative estimate of drug-likeness (QED) is 0.225. The molecule has 2 aromatic heterocycles. The Kier molecular flexibility index (Phi) is 6.60. The fraction of sp³-hybridized carbons (Fsp3) is 0.150. The average Bonchev–Trinajstić information content (AvgIpc) is 3.47. The summed E-state index contributed by atoms with van der Waals surface area (Å²) in [5, 5.41) is 28.0. The number of carbonyl (C=O) groups excluding carboxylic acids is 1. The molecule has 168 valence electrons. The lowest BCUT2D eigenvalue weighted by Gasteiger charge is -2.10. The fourth-order valence-corrected chi connectivity index (χ4v) is 4.33. The first-order chi connectivity index (χ1) is 15.9. The number of nitrogens with one attached hydrogen (secondary N) is 1. The van der Waals surface area contributed by atoms with Crippen molar-refractivity contribution in [3.05, 3.63) is 63.5 Å². The standard InChI is InChI=1S/C20H17N7O4S2/c1-12-6-7-17(31-2)16(8-12)26-20(23-24-25-26)33-11-18(28)22-19-21-15(10-32-19)13-4-3-5-14(9-13)27(29)30/h3-10H,11H2,1-2H3,(H,21,22,28). The van der Waals surface area contributed by atoms with Crippen molar-refractivity contribution in [1.82, 2.24) is 25.2 Å². The highest BCUT2D eigenvalue weighted by Crippen LogP contribution is 2.29. The molecule has 4 rings (SSSR count). The van der Waals surface area contributed by atoms with Crippen molar-refractivity contribution >= 4 is 39.8 Å². The van der Waals surface area contributed by atoms with Crippen LogP contribution >= 0.6 is 23.1 Å². The topological polar surface area (TPSA) is 138 Å². The number of aromatic nitrogens is 5. The van der Waals surface area contributed by atoms with Gasteiger partial charge in [-0.25, -0.2) is 4.98 Å². The Balaban J connectivity index is 1.42. The summed E-state index contributed by atoms with van der Waals surface area (Å²) in [6.07, 6.45) is 0. The molecule has 0 fully saturated rings. The van der Waals surface area contributed by atoms with E-state index in [1.165, 1.54) is 39.9 Å². The summed E-state index contributed by atoms with van der Waals surface area (Å²) >= 11 is 2.40. The van der Waals surface area contributed by atoms with Gasteiger partial charge in [-0.05, 0) is 35.0 Å². The number of amides is 1. The molecular formula is C20H17N7O4S2. The molecule has 0 unspecified atom stereocenters. The zero-order chi connectivity index (χ0) is 23.4. The van der Waals surface area contributed by atoms with E-state index < -0.39 is 4.92 Å². The molecule has 0 atom stereocenters. The van der Waals surface area contributed by atoms with Gasteiger partial charge in [-0.15, -0.1) is 16.4 Å². The maximum Gasteiger partial charge on any atom is 0.270 e.